The number of hydrogen-bond donors (Lipinski definition) is 2. The fraction of sp³-hybridized carbons (Fsp3) is 1.00. The minimum Gasteiger partial charge on any atom is -0.396 e. The molecule has 0 unspecified atom stereocenters. The van der Waals surface area contributed by atoms with Crippen molar-refractivity contribution in [2.24, 2.45) is 17.3 Å². The van der Waals surface area contributed by atoms with E-state index in [0.717, 1.165) is 24.8 Å². The van der Waals surface area contributed by atoms with Crippen LogP contribution in [0.2, 0.25) is 0 Å². The zero-order valence-electron chi connectivity index (χ0n) is 11.4. The quantitative estimate of drug-likeness (QED) is 0.757. The Bertz CT molecular complexity index is 203. The van der Waals surface area contributed by atoms with E-state index in [4.69, 9.17) is 5.11 Å². The molecule has 1 saturated carbocycles. The molecule has 1 rings (SSSR count). The van der Waals surface area contributed by atoms with E-state index in [9.17, 15) is 0 Å². The van der Waals surface area contributed by atoms with E-state index < -0.39 is 0 Å². The monoisotopic (exact) mass is 227 g/mol. The summed E-state index contributed by atoms with van der Waals surface area (Å²) in [6.07, 6.45) is 4.88. The van der Waals surface area contributed by atoms with Crippen LogP contribution in [0.4, 0.5) is 0 Å². The Kier molecular flexibility index (Phi) is 5.26. The van der Waals surface area contributed by atoms with Gasteiger partial charge in [-0.2, -0.15) is 0 Å². The lowest BCUT2D eigenvalue weighted by Gasteiger charge is -2.35. The Morgan fingerprint density at radius 1 is 1.19 bits per heavy atom. The topological polar surface area (TPSA) is 32.3 Å². The van der Waals surface area contributed by atoms with Gasteiger partial charge in [-0.25, -0.2) is 0 Å². The molecule has 0 saturated heterocycles. The van der Waals surface area contributed by atoms with Crippen molar-refractivity contribution in [3.8, 4) is 0 Å². The molecule has 2 heteroatoms. The molecule has 0 heterocycles. The van der Waals surface area contributed by atoms with Gasteiger partial charge >= 0.3 is 0 Å². The lowest BCUT2D eigenvalue weighted by atomic mass is 9.78. The summed E-state index contributed by atoms with van der Waals surface area (Å²) in [7, 11) is 0. The average Bonchev–Trinajstić information content (AvgIpc) is 2.20. The Morgan fingerprint density at radius 2 is 1.88 bits per heavy atom. The number of aliphatic hydroxyl groups excluding tert-OH is 1. The predicted molar refractivity (Wildman–Crippen MR) is 69.5 cm³/mol. The highest BCUT2D eigenvalue weighted by Gasteiger charge is 2.26. The molecular weight excluding hydrogens is 198 g/mol. The van der Waals surface area contributed by atoms with Crippen molar-refractivity contribution < 1.29 is 5.11 Å². The third-order valence-corrected chi connectivity index (χ3v) is 4.26. The van der Waals surface area contributed by atoms with Crippen LogP contribution < -0.4 is 5.32 Å². The standard InChI is InChI=1S/C14H29NO/c1-11-5-6-13(9-12(11)2)15-10-14(3,4)7-8-16/h11-13,15-16H,5-10H2,1-4H3/t11-,12+,13+/m1/s1. The van der Waals surface area contributed by atoms with Crippen molar-refractivity contribution >= 4 is 0 Å². The van der Waals surface area contributed by atoms with Gasteiger partial charge in [-0.05, 0) is 42.9 Å². The van der Waals surface area contributed by atoms with Crippen LogP contribution in [0.1, 0.15) is 53.4 Å². The molecule has 0 aromatic heterocycles. The van der Waals surface area contributed by atoms with Gasteiger partial charge in [-0.1, -0.05) is 27.7 Å². The highest BCUT2D eigenvalue weighted by atomic mass is 16.3. The van der Waals surface area contributed by atoms with Crippen molar-refractivity contribution in [1.29, 1.82) is 0 Å². The molecule has 1 aliphatic carbocycles. The van der Waals surface area contributed by atoms with Gasteiger partial charge in [0.2, 0.25) is 0 Å². The molecular formula is C14H29NO. The maximum Gasteiger partial charge on any atom is 0.0436 e. The first-order chi connectivity index (χ1) is 7.44. The summed E-state index contributed by atoms with van der Waals surface area (Å²) in [6, 6.07) is 0.698. The third kappa shape index (κ3) is 4.42. The van der Waals surface area contributed by atoms with Crippen molar-refractivity contribution in [1.82, 2.24) is 5.32 Å². The van der Waals surface area contributed by atoms with Crippen LogP contribution in [0.5, 0.6) is 0 Å². The normalized spacial score (nSPS) is 31.7. The lowest BCUT2D eigenvalue weighted by Crippen LogP contribution is -2.41. The van der Waals surface area contributed by atoms with Crippen LogP contribution in [0.3, 0.4) is 0 Å². The fourth-order valence-electron chi connectivity index (χ4n) is 2.54. The van der Waals surface area contributed by atoms with Gasteiger partial charge in [0, 0.05) is 19.2 Å². The van der Waals surface area contributed by atoms with E-state index in [-0.39, 0.29) is 5.41 Å². The highest BCUT2D eigenvalue weighted by Crippen LogP contribution is 2.30. The fourth-order valence-corrected chi connectivity index (χ4v) is 2.54. The second kappa shape index (κ2) is 6.02. The molecule has 0 bridgehead atoms. The van der Waals surface area contributed by atoms with Crippen molar-refractivity contribution in [2.45, 2.75) is 59.4 Å². The zero-order chi connectivity index (χ0) is 12.2. The third-order valence-electron chi connectivity index (χ3n) is 4.26. The summed E-state index contributed by atoms with van der Waals surface area (Å²) in [5.41, 5.74) is 0.223. The molecule has 2 nitrogen and oxygen atoms in total. The number of rotatable bonds is 5. The number of hydrogen-bond acceptors (Lipinski definition) is 2. The van der Waals surface area contributed by atoms with Gasteiger partial charge in [0.15, 0.2) is 0 Å². The second-order valence-corrected chi connectivity index (χ2v) is 6.48. The number of aliphatic hydroxyl groups is 1. The zero-order valence-corrected chi connectivity index (χ0v) is 11.4. The first kappa shape index (κ1) is 14.0. The second-order valence-electron chi connectivity index (χ2n) is 6.48. The van der Waals surface area contributed by atoms with E-state index >= 15 is 0 Å². The maximum absolute atomic E-state index is 8.99. The van der Waals surface area contributed by atoms with E-state index in [1.54, 1.807) is 0 Å². The Hall–Kier alpha value is -0.0800. The van der Waals surface area contributed by atoms with Crippen LogP contribution in [0, 0.1) is 17.3 Å². The van der Waals surface area contributed by atoms with Gasteiger partial charge in [0.05, 0.1) is 0 Å². The molecule has 2 N–H and O–H groups in total. The highest BCUT2D eigenvalue weighted by molar-refractivity contribution is 4.82. The summed E-state index contributed by atoms with van der Waals surface area (Å²) < 4.78 is 0. The molecule has 0 radical (unpaired) electrons. The molecule has 0 aromatic rings. The molecule has 0 spiro atoms. The molecule has 0 aromatic carbocycles. The SMILES string of the molecule is C[C@@H]1CC[C@H](NCC(C)(C)CCO)C[C@@H]1C. The molecule has 1 fully saturated rings. The van der Waals surface area contributed by atoms with Gasteiger partial charge in [-0.3, -0.25) is 0 Å². The Balaban J connectivity index is 2.28. The molecule has 96 valence electrons. The largest absolute Gasteiger partial charge is 0.396 e. The van der Waals surface area contributed by atoms with Crippen molar-refractivity contribution in [2.75, 3.05) is 13.2 Å². The van der Waals surface area contributed by atoms with Gasteiger partial charge in [0.1, 0.15) is 0 Å². The minimum absolute atomic E-state index is 0.223. The van der Waals surface area contributed by atoms with Crippen LogP contribution in [-0.4, -0.2) is 24.3 Å². The first-order valence-corrected chi connectivity index (χ1v) is 6.79. The van der Waals surface area contributed by atoms with Crippen molar-refractivity contribution in [3.63, 3.8) is 0 Å². The minimum atomic E-state index is 0.223. The molecule has 16 heavy (non-hydrogen) atoms. The average molecular weight is 227 g/mol. The maximum atomic E-state index is 8.99. The Labute approximate surface area is 101 Å². The van der Waals surface area contributed by atoms with Gasteiger partial charge in [0.25, 0.3) is 0 Å². The van der Waals surface area contributed by atoms with Gasteiger partial charge < -0.3 is 10.4 Å². The molecule has 3 atom stereocenters. The van der Waals surface area contributed by atoms with Crippen molar-refractivity contribution in [3.05, 3.63) is 0 Å². The van der Waals surface area contributed by atoms with Crippen LogP contribution in [0.25, 0.3) is 0 Å². The summed E-state index contributed by atoms with van der Waals surface area (Å²) in [5.74, 6) is 1.75. The lowest BCUT2D eigenvalue weighted by molar-refractivity contribution is 0.180. The first-order valence-electron chi connectivity index (χ1n) is 6.79. The van der Waals surface area contributed by atoms with Crippen LogP contribution >= 0.6 is 0 Å². The van der Waals surface area contributed by atoms with Crippen LogP contribution in [-0.2, 0) is 0 Å². The molecule has 1 aliphatic rings. The molecule has 0 amide bonds. The van der Waals surface area contributed by atoms with E-state index in [1.807, 2.05) is 0 Å². The van der Waals surface area contributed by atoms with E-state index in [2.05, 4.69) is 33.0 Å². The predicted octanol–water partition coefficient (Wildman–Crippen LogP) is 2.81. The summed E-state index contributed by atoms with van der Waals surface area (Å²) in [6.45, 7) is 10.5. The van der Waals surface area contributed by atoms with E-state index in [0.29, 0.717) is 12.6 Å². The summed E-state index contributed by atoms with van der Waals surface area (Å²) >= 11 is 0. The summed E-state index contributed by atoms with van der Waals surface area (Å²) in [4.78, 5) is 0. The van der Waals surface area contributed by atoms with E-state index in [1.165, 1.54) is 19.3 Å². The van der Waals surface area contributed by atoms with Gasteiger partial charge in [-0.15, -0.1) is 0 Å². The number of nitrogens with one attached hydrogen (secondary N) is 1. The smallest absolute Gasteiger partial charge is 0.0436 e. The summed E-state index contributed by atoms with van der Waals surface area (Å²) in [5, 5.41) is 12.7. The molecule has 0 aliphatic heterocycles. The Morgan fingerprint density at radius 3 is 2.44 bits per heavy atom. The van der Waals surface area contributed by atoms with Crippen LogP contribution in [0.15, 0.2) is 0 Å².